The predicted octanol–water partition coefficient (Wildman–Crippen LogP) is 3.60. The van der Waals surface area contributed by atoms with Gasteiger partial charge in [-0.3, -0.25) is 4.79 Å². The zero-order valence-electron chi connectivity index (χ0n) is 19.5. The van der Waals surface area contributed by atoms with E-state index in [4.69, 9.17) is 16.3 Å². The quantitative estimate of drug-likeness (QED) is 0.557. The summed E-state index contributed by atoms with van der Waals surface area (Å²) >= 11 is 6.17. The molecule has 0 aliphatic carbocycles. The van der Waals surface area contributed by atoms with Crippen LogP contribution in [-0.2, 0) is 14.8 Å². The van der Waals surface area contributed by atoms with Gasteiger partial charge < -0.3 is 15.0 Å². The van der Waals surface area contributed by atoms with E-state index < -0.39 is 16.1 Å². The number of rotatable bonds is 9. The molecule has 1 fully saturated rings. The summed E-state index contributed by atoms with van der Waals surface area (Å²) in [7, 11) is -2.34. The number of hydrogen-bond acceptors (Lipinski definition) is 5. The molecule has 3 rings (SSSR count). The number of anilines is 1. The summed E-state index contributed by atoms with van der Waals surface area (Å²) in [4.78, 5) is 15.3. The fourth-order valence-corrected chi connectivity index (χ4v) is 5.49. The van der Waals surface area contributed by atoms with E-state index in [0.29, 0.717) is 17.3 Å². The molecule has 2 aromatic carbocycles. The first-order valence-corrected chi connectivity index (χ1v) is 12.9. The van der Waals surface area contributed by atoms with Gasteiger partial charge >= 0.3 is 0 Å². The van der Waals surface area contributed by atoms with E-state index in [1.54, 1.807) is 12.1 Å². The topological polar surface area (TPSA) is 87.7 Å². The van der Waals surface area contributed by atoms with Crippen LogP contribution >= 0.6 is 11.6 Å². The van der Waals surface area contributed by atoms with Crippen molar-refractivity contribution in [2.45, 2.75) is 38.1 Å². The molecule has 0 aromatic heterocycles. The van der Waals surface area contributed by atoms with Crippen molar-refractivity contribution in [3.8, 4) is 5.75 Å². The fourth-order valence-electron chi connectivity index (χ4n) is 3.98. The smallest absolute Gasteiger partial charge is 0.241 e. The molecule has 2 atom stereocenters. The average Bonchev–Trinajstić information content (AvgIpc) is 3.26. The summed E-state index contributed by atoms with van der Waals surface area (Å²) in [5.74, 6) is 0.302. The standard InChI is InChI=1S/C24H32ClN3O4S/c1-16(2)23(27-33(30,31)21-9-7-20(32-4)8-10-21)24(29)26-14-18-11-12-28(15-18)22-13-19(25)6-5-17(22)3/h5-10,13,16,18,23,27H,11-12,14-15H2,1-4H3,(H,26,29)/t18-,23+/m1/s1. The first-order valence-electron chi connectivity index (χ1n) is 11.1. The maximum Gasteiger partial charge on any atom is 0.241 e. The van der Waals surface area contributed by atoms with Gasteiger partial charge in [-0.15, -0.1) is 0 Å². The SMILES string of the molecule is COc1ccc(S(=O)(=O)N[C@H](C(=O)NC[C@H]2CCN(c3cc(Cl)ccc3C)C2)C(C)C)cc1. The van der Waals surface area contributed by atoms with E-state index >= 15 is 0 Å². The average molecular weight is 494 g/mol. The molecule has 1 saturated heterocycles. The molecular weight excluding hydrogens is 462 g/mol. The van der Waals surface area contributed by atoms with Crippen molar-refractivity contribution >= 4 is 33.2 Å². The Hall–Kier alpha value is -2.29. The van der Waals surface area contributed by atoms with Crippen LogP contribution in [0.2, 0.25) is 5.02 Å². The highest BCUT2D eigenvalue weighted by atomic mass is 35.5. The molecule has 9 heteroatoms. The van der Waals surface area contributed by atoms with Crippen LogP contribution in [0.4, 0.5) is 5.69 Å². The lowest BCUT2D eigenvalue weighted by atomic mass is 10.0. The minimum absolute atomic E-state index is 0.0880. The second-order valence-electron chi connectivity index (χ2n) is 8.80. The van der Waals surface area contributed by atoms with Gasteiger partial charge in [0.15, 0.2) is 0 Å². The number of sulfonamides is 1. The molecular formula is C24H32ClN3O4S. The third-order valence-electron chi connectivity index (χ3n) is 5.96. The molecule has 2 N–H and O–H groups in total. The number of aryl methyl sites for hydroxylation is 1. The molecule has 0 bridgehead atoms. The van der Waals surface area contributed by atoms with E-state index in [0.717, 1.165) is 30.8 Å². The summed E-state index contributed by atoms with van der Waals surface area (Å²) < 4.78 is 33.3. The Bertz CT molecular complexity index is 1070. The molecule has 33 heavy (non-hydrogen) atoms. The van der Waals surface area contributed by atoms with Gasteiger partial charge in [-0.2, -0.15) is 4.72 Å². The molecule has 0 unspecified atom stereocenters. The van der Waals surface area contributed by atoms with E-state index in [2.05, 4.69) is 21.9 Å². The highest BCUT2D eigenvalue weighted by Crippen LogP contribution is 2.29. The van der Waals surface area contributed by atoms with Gasteiger partial charge in [0.1, 0.15) is 11.8 Å². The van der Waals surface area contributed by atoms with Gasteiger partial charge in [-0.25, -0.2) is 8.42 Å². The fraction of sp³-hybridized carbons (Fsp3) is 0.458. The highest BCUT2D eigenvalue weighted by Gasteiger charge is 2.30. The van der Waals surface area contributed by atoms with Crippen molar-refractivity contribution < 1.29 is 17.9 Å². The van der Waals surface area contributed by atoms with Crippen molar-refractivity contribution in [3.05, 3.63) is 53.1 Å². The third kappa shape index (κ3) is 6.40. The predicted molar refractivity (Wildman–Crippen MR) is 131 cm³/mol. The second kappa shape index (κ2) is 10.8. The molecule has 0 saturated carbocycles. The maximum absolute atomic E-state index is 12.9. The Labute approximate surface area is 201 Å². The summed E-state index contributed by atoms with van der Waals surface area (Å²) in [6, 6.07) is 11.1. The summed E-state index contributed by atoms with van der Waals surface area (Å²) in [5.41, 5.74) is 2.28. The first kappa shape index (κ1) is 25.3. The number of benzene rings is 2. The number of carbonyl (C=O) groups is 1. The van der Waals surface area contributed by atoms with Gasteiger partial charge in [0, 0.05) is 30.3 Å². The third-order valence-corrected chi connectivity index (χ3v) is 7.66. The largest absolute Gasteiger partial charge is 0.497 e. The minimum atomic E-state index is -3.85. The number of halogens is 1. The number of methoxy groups -OCH3 is 1. The number of nitrogens with one attached hydrogen (secondary N) is 2. The Morgan fingerprint density at radius 3 is 2.55 bits per heavy atom. The first-order chi connectivity index (χ1) is 15.6. The van der Waals surface area contributed by atoms with Crippen molar-refractivity contribution in [3.63, 3.8) is 0 Å². The number of ether oxygens (including phenoxy) is 1. The van der Waals surface area contributed by atoms with Crippen molar-refractivity contribution in [1.29, 1.82) is 0 Å². The van der Waals surface area contributed by atoms with Crippen LogP contribution in [0.15, 0.2) is 47.4 Å². The van der Waals surface area contributed by atoms with Crippen molar-refractivity contribution in [1.82, 2.24) is 10.0 Å². The van der Waals surface area contributed by atoms with Crippen LogP contribution in [0, 0.1) is 18.8 Å². The summed E-state index contributed by atoms with van der Waals surface area (Å²) in [5, 5.41) is 3.66. The van der Waals surface area contributed by atoms with Gasteiger partial charge in [-0.05, 0) is 67.1 Å². The molecule has 1 aliphatic rings. The molecule has 0 radical (unpaired) electrons. The van der Waals surface area contributed by atoms with E-state index in [1.165, 1.54) is 19.2 Å². The lowest BCUT2D eigenvalue weighted by molar-refractivity contribution is -0.123. The molecule has 7 nitrogen and oxygen atoms in total. The van der Waals surface area contributed by atoms with Gasteiger partial charge in [0.25, 0.3) is 0 Å². The second-order valence-corrected chi connectivity index (χ2v) is 10.9. The Morgan fingerprint density at radius 1 is 1.21 bits per heavy atom. The van der Waals surface area contributed by atoms with E-state index in [1.807, 2.05) is 32.0 Å². The lowest BCUT2D eigenvalue weighted by Gasteiger charge is -2.23. The normalized spacial score (nSPS) is 17.3. The van der Waals surface area contributed by atoms with Crippen LogP contribution in [-0.4, -0.2) is 47.1 Å². The van der Waals surface area contributed by atoms with Crippen LogP contribution < -0.4 is 19.7 Å². The number of hydrogen-bond donors (Lipinski definition) is 2. The van der Waals surface area contributed by atoms with Crippen molar-refractivity contribution in [2.75, 3.05) is 31.6 Å². The molecule has 1 amide bonds. The Kier molecular flexibility index (Phi) is 8.26. The Balaban J connectivity index is 1.60. The minimum Gasteiger partial charge on any atom is -0.497 e. The number of nitrogens with zero attached hydrogens (tertiary/aromatic N) is 1. The van der Waals surface area contributed by atoms with Gasteiger partial charge in [0.05, 0.1) is 12.0 Å². The lowest BCUT2D eigenvalue weighted by Crippen LogP contribution is -2.50. The van der Waals surface area contributed by atoms with Crippen LogP contribution in [0.1, 0.15) is 25.8 Å². The molecule has 1 aliphatic heterocycles. The highest BCUT2D eigenvalue weighted by molar-refractivity contribution is 7.89. The van der Waals surface area contributed by atoms with E-state index in [9.17, 15) is 13.2 Å². The van der Waals surface area contributed by atoms with Gasteiger partial charge in [-0.1, -0.05) is 31.5 Å². The molecule has 180 valence electrons. The number of carbonyl (C=O) groups excluding carboxylic acids is 1. The molecule has 0 spiro atoms. The monoisotopic (exact) mass is 493 g/mol. The maximum atomic E-state index is 12.9. The van der Waals surface area contributed by atoms with Crippen LogP contribution in [0.5, 0.6) is 5.75 Å². The van der Waals surface area contributed by atoms with Crippen LogP contribution in [0.3, 0.4) is 0 Å². The summed E-state index contributed by atoms with van der Waals surface area (Å²) in [6.45, 7) is 7.89. The molecule has 1 heterocycles. The molecule has 2 aromatic rings. The zero-order chi connectivity index (χ0) is 24.2. The zero-order valence-corrected chi connectivity index (χ0v) is 21.0. The van der Waals surface area contributed by atoms with Crippen molar-refractivity contribution in [2.24, 2.45) is 11.8 Å². The Morgan fingerprint density at radius 2 is 1.91 bits per heavy atom. The summed E-state index contributed by atoms with van der Waals surface area (Å²) in [6.07, 6.45) is 0.941. The number of amides is 1. The van der Waals surface area contributed by atoms with E-state index in [-0.39, 0.29) is 22.6 Å². The van der Waals surface area contributed by atoms with Crippen LogP contribution in [0.25, 0.3) is 0 Å². The van der Waals surface area contributed by atoms with Gasteiger partial charge in [0.2, 0.25) is 15.9 Å².